The largest absolute Gasteiger partial charge is 0.479 e. The predicted octanol–water partition coefficient (Wildman–Crippen LogP) is -1.11. The second kappa shape index (κ2) is 11.7. The molecule has 2 aliphatic heterocycles. The topological polar surface area (TPSA) is 253 Å². The standard InChI is InChI=1S/C20H21N9O7S3/c21-10-1-11(22)28(7-24-17(33)15(27-36-3-14(31)32)9-6-38-19(23)25-9)20(26-10)39-5-8-4-37-13-2-12(30)29(13)16(8)18(34)35/h1,6,13H,2-5,7H2,(H8,21,22,23,24,25,31,32,33,34,35)/p+1/b27-15-. The van der Waals surface area contributed by atoms with Gasteiger partial charge in [0.05, 0.1) is 17.9 Å². The van der Waals surface area contributed by atoms with Crippen molar-refractivity contribution in [1.29, 1.82) is 0 Å². The van der Waals surface area contributed by atoms with E-state index in [1.54, 1.807) is 0 Å². The average Bonchev–Trinajstić information content (AvgIpc) is 3.29. The molecule has 206 valence electrons. The van der Waals surface area contributed by atoms with Gasteiger partial charge in [-0.3, -0.25) is 14.5 Å². The van der Waals surface area contributed by atoms with Crippen LogP contribution in [0.3, 0.4) is 0 Å². The van der Waals surface area contributed by atoms with Crippen LogP contribution in [0.2, 0.25) is 0 Å². The number of hydrogen-bond acceptors (Lipinski definition) is 14. The molecule has 1 unspecified atom stereocenters. The summed E-state index contributed by atoms with van der Waals surface area (Å²) in [5.41, 5.74) is 17.9. The fraction of sp³-hybridized carbons (Fsp3) is 0.300. The summed E-state index contributed by atoms with van der Waals surface area (Å²) in [6, 6.07) is 1.38. The lowest BCUT2D eigenvalue weighted by molar-refractivity contribution is -0.725. The highest BCUT2D eigenvalue weighted by Crippen LogP contribution is 2.41. The van der Waals surface area contributed by atoms with Gasteiger partial charge in [0.25, 0.3) is 5.91 Å². The molecule has 0 radical (unpaired) electrons. The Morgan fingerprint density at radius 2 is 2.05 bits per heavy atom. The molecule has 4 heterocycles. The number of anilines is 3. The molecule has 16 nitrogen and oxygen atoms in total. The number of aliphatic carboxylic acids is 2. The third-order valence-corrected chi connectivity index (χ3v) is 8.31. The van der Waals surface area contributed by atoms with E-state index in [1.807, 2.05) is 0 Å². The molecule has 2 aliphatic rings. The fourth-order valence-corrected chi connectivity index (χ4v) is 6.52. The lowest BCUT2D eigenvalue weighted by atomic mass is 10.1. The van der Waals surface area contributed by atoms with Gasteiger partial charge in [-0.05, 0) is 17.3 Å². The van der Waals surface area contributed by atoms with Crippen LogP contribution >= 0.6 is 34.9 Å². The minimum atomic E-state index is -1.29. The van der Waals surface area contributed by atoms with Gasteiger partial charge < -0.3 is 37.6 Å². The molecule has 19 heteroatoms. The monoisotopic (exact) mass is 596 g/mol. The van der Waals surface area contributed by atoms with Crippen molar-refractivity contribution in [2.45, 2.75) is 23.6 Å². The summed E-state index contributed by atoms with van der Waals surface area (Å²) in [4.78, 5) is 61.9. The highest BCUT2D eigenvalue weighted by molar-refractivity contribution is 8.00. The van der Waals surface area contributed by atoms with Gasteiger partial charge in [0.15, 0.2) is 10.8 Å². The highest BCUT2D eigenvalue weighted by Gasteiger charge is 2.45. The van der Waals surface area contributed by atoms with Crippen LogP contribution in [0.5, 0.6) is 0 Å². The maximum absolute atomic E-state index is 13.0. The Hall–Kier alpha value is -4.10. The molecule has 2 aromatic rings. The lowest BCUT2D eigenvalue weighted by Gasteiger charge is -2.43. The molecule has 0 spiro atoms. The molecule has 0 bridgehead atoms. The number of hydrogen-bond donors (Lipinski definition) is 6. The second-order valence-corrected chi connectivity index (χ2v) is 10.9. The summed E-state index contributed by atoms with van der Waals surface area (Å²) in [6.45, 7) is -0.999. The van der Waals surface area contributed by atoms with E-state index in [-0.39, 0.29) is 62.7 Å². The Kier molecular flexibility index (Phi) is 8.41. The molecule has 2 amide bonds. The number of carboxylic acid groups (broad SMARTS) is 2. The number of oxime groups is 1. The van der Waals surface area contributed by atoms with Gasteiger partial charge in [0, 0.05) is 16.9 Å². The van der Waals surface area contributed by atoms with Crippen molar-refractivity contribution in [1.82, 2.24) is 20.2 Å². The number of thiazole rings is 1. The Bertz CT molecular complexity index is 1410. The molecule has 1 saturated heterocycles. The molecule has 1 atom stereocenters. The molecule has 9 N–H and O–H groups in total. The van der Waals surface area contributed by atoms with Crippen molar-refractivity contribution in [2.24, 2.45) is 5.16 Å². The van der Waals surface area contributed by atoms with Gasteiger partial charge in [0.2, 0.25) is 24.1 Å². The Morgan fingerprint density at radius 3 is 2.69 bits per heavy atom. The van der Waals surface area contributed by atoms with Crippen molar-refractivity contribution in [3.05, 3.63) is 28.4 Å². The summed E-state index contributed by atoms with van der Waals surface area (Å²) in [5, 5.41) is 26.4. The number of nitrogens with zero attached hydrogens (tertiary/aromatic N) is 5. The van der Waals surface area contributed by atoms with E-state index >= 15 is 0 Å². The number of β-lactam (4-membered cyclic amide) rings is 1. The molecular formula is C20H22N9O7S3+. The van der Waals surface area contributed by atoms with E-state index in [2.05, 4.69) is 20.4 Å². The molecule has 4 rings (SSSR count). The zero-order chi connectivity index (χ0) is 28.3. The first kappa shape index (κ1) is 27.9. The van der Waals surface area contributed by atoms with E-state index in [1.165, 1.54) is 32.7 Å². The normalized spacial score (nSPS) is 16.9. The number of nitrogen functional groups attached to an aromatic ring is 3. The third kappa shape index (κ3) is 6.32. The van der Waals surface area contributed by atoms with Crippen molar-refractivity contribution < 1.29 is 38.8 Å². The van der Waals surface area contributed by atoms with E-state index in [4.69, 9.17) is 27.1 Å². The first-order chi connectivity index (χ1) is 18.5. The number of fused-ring (bicyclic) bond motifs is 1. The van der Waals surface area contributed by atoms with Crippen LogP contribution in [0, 0.1) is 0 Å². The van der Waals surface area contributed by atoms with Crippen LogP contribution in [0.1, 0.15) is 12.1 Å². The summed E-state index contributed by atoms with van der Waals surface area (Å²) in [7, 11) is 0. The zero-order valence-electron chi connectivity index (χ0n) is 19.9. The predicted molar refractivity (Wildman–Crippen MR) is 141 cm³/mol. The van der Waals surface area contributed by atoms with E-state index < -0.39 is 24.5 Å². The first-order valence-corrected chi connectivity index (χ1v) is 13.9. The first-order valence-electron chi connectivity index (χ1n) is 10.9. The smallest absolute Gasteiger partial charge is 0.352 e. The van der Waals surface area contributed by atoms with Crippen LogP contribution in [-0.4, -0.2) is 78.0 Å². The second-order valence-electron chi connectivity index (χ2n) is 7.94. The summed E-state index contributed by atoms with van der Waals surface area (Å²) >= 11 is 3.65. The molecular weight excluding hydrogens is 574 g/mol. The molecule has 39 heavy (non-hydrogen) atoms. The third-order valence-electron chi connectivity index (χ3n) is 5.29. The fourth-order valence-electron chi connectivity index (χ4n) is 3.54. The van der Waals surface area contributed by atoms with Gasteiger partial charge in [-0.1, -0.05) is 10.1 Å². The van der Waals surface area contributed by atoms with Gasteiger partial charge >= 0.3 is 17.1 Å². The summed E-state index contributed by atoms with van der Waals surface area (Å²) < 4.78 is 1.43. The maximum atomic E-state index is 13.0. The highest BCUT2D eigenvalue weighted by atomic mass is 32.2. The minimum Gasteiger partial charge on any atom is -0.479 e. The Labute approximate surface area is 232 Å². The number of carboxylic acids is 2. The number of thioether (sulfide) groups is 2. The van der Waals surface area contributed by atoms with Crippen LogP contribution < -0.4 is 27.1 Å². The molecule has 0 saturated carbocycles. The van der Waals surface area contributed by atoms with Gasteiger partial charge in [-0.2, -0.15) is 0 Å². The van der Waals surface area contributed by atoms with Crippen molar-refractivity contribution in [2.75, 3.05) is 35.3 Å². The molecule has 0 aromatic carbocycles. The van der Waals surface area contributed by atoms with Crippen molar-refractivity contribution >= 4 is 81.1 Å². The SMILES string of the molecule is Nc1cc(N)[n+](CNC(=O)/C(=N\OCC(=O)O)c2csc(N)n2)c(SCC2=C(C(=O)O)N3C(=O)CC3SC2)n1. The maximum Gasteiger partial charge on any atom is 0.352 e. The Balaban J connectivity index is 1.53. The van der Waals surface area contributed by atoms with E-state index in [0.717, 1.165) is 23.1 Å². The number of nitrogens with one attached hydrogen (secondary N) is 1. The van der Waals surface area contributed by atoms with Gasteiger partial charge in [-0.15, -0.1) is 23.1 Å². The van der Waals surface area contributed by atoms with E-state index in [9.17, 15) is 24.3 Å². The molecule has 1 fully saturated rings. The van der Waals surface area contributed by atoms with Gasteiger partial charge in [-0.25, -0.2) is 19.1 Å². The van der Waals surface area contributed by atoms with Crippen molar-refractivity contribution in [3.8, 4) is 0 Å². The van der Waals surface area contributed by atoms with E-state index in [0.29, 0.717) is 17.7 Å². The molecule has 0 aliphatic carbocycles. The molecule has 2 aromatic heterocycles. The van der Waals surface area contributed by atoms with Crippen molar-refractivity contribution in [3.63, 3.8) is 0 Å². The average molecular weight is 597 g/mol. The quantitative estimate of drug-likeness (QED) is 0.0449. The number of carbonyl (C=O) groups excluding carboxylic acids is 2. The number of amides is 2. The number of carbonyl (C=O) groups is 4. The number of nitrogens with two attached hydrogens (primary N) is 3. The van der Waals surface area contributed by atoms with Crippen LogP contribution in [0.25, 0.3) is 0 Å². The van der Waals surface area contributed by atoms with Crippen LogP contribution in [-0.2, 0) is 30.7 Å². The van der Waals surface area contributed by atoms with Gasteiger partial charge in [0.1, 0.15) is 18.1 Å². The Morgan fingerprint density at radius 1 is 1.28 bits per heavy atom. The summed E-state index contributed by atoms with van der Waals surface area (Å²) in [5.74, 6) is -2.66. The number of aromatic nitrogens is 3. The summed E-state index contributed by atoms with van der Waals surface area (Å²) in [6.07, 6.45) is 0.301. The van der Waals surface area contributed by atoms with Crippen LogP contribution in [0.4, 0.5) is 16.8 Å². The lowest BCUT2D eigenvalue weighted by Crippen LogP contribution is -2.54. The number of rotatable bonds is 11. The zero-order valence-corrected chi connectivity index (χ0v) is 22.3. The van der Waals surface area contributed by atoms with Crippen LogP contribution in [0.15, 0.2) is 33.0 Å². The minimum absolute atomic E-state index is 0.0380.